The van der Waals surface area contributed by atoms with Gasteiger partial charge in [0.05, 0.1) is 5.02 Å². The Morgan fingerprint density at radius 1 is 1.26 bits per heavy atom. The molecule has 1 amide bonds. The maximum absolute atomic E-state index is 12.1. The molecule has 1 N–H and O–H groups in total. The topological polar surface area (TPSA) is 77.8 Å². The Hall–Kier alpha value is -3.06. The second-order valence-corrected chi connectivity index (χ2v) is 6.35. The number of hydrogen-bond acceptors (Lipinski definition) is 5. The number of halogens is 1. The van der Waals surface area contributed by atoms with Crippen LogP contribution in [0.4, 0.5) is 0 Å². The van der Waals surface area contributed by atoms with Crippen molar-refractivity contribution in [2.24, 2.45) is 0 Å². The van der Waals surface area contributed by atoms with Crippen LogP contribution >= 0.6 is 11.6 Å². The van der Waals surface area contributed by atoms with Gasteiger partial charge >= 0.3 is 0 Å². The van der Waals surface area contributed by atoms with Crippen LogP contribution in [0.3, 0.4) is 0 Å². The molecular formula is C19H17ClN4O3. The predicted octanol–water partition coefficient (Wildman–Crippen LogP) is 2.53. The van der Waals surface area contributed by atoms with Crippen molar-refractivity contribution in [1.82, 2.24) is 19.9 Å². The minimum atomic E-state index is -0.199. The molecule has 0 atom stereocenters. The number of nitrogens with one attached hydrogen (secondary N) is 1. The number of nitrogens with zero attached hydrogens (tertiary/aromatic N) is 3. The van der Waals surface area contributed by atoms with E-state index >= 15 is 0 Å². The van der Waals surface area contributed by atoms with E-state index in [0.29, 0.717) is 42.7 Å². The molecule has 0 aliphatic carbocycles. The number of rotatable bonds is 5. The summed E-state index contributed by atoms with van der Waals surface area (Å²) in [4.78, 5) is 12.1. The fourth-order valence-electron chi connectivity index (χ4n) is 2.82. The van der Waals surface area contributed by atoms with Crippen molar-refractivity contribution in [2.75, 3.05) is 19.8 Å². The summed E-state index contributed by atoms with van der Waals surface area (Å²) in [5.74, 6) is 1.74. The number of pyridine rings is 1. The third-order valence-corrected chi connectivity index (χ3v) is 4.36. The van der Waals surface area contributed by atoms with Gasteiger partial charge in [-0.05, 0) is 35.9 Å². The second-order valence-electron chi connectivity index (χ2n) is 5.95. The summed E-state index contributed by atoms with van der Waals surface area (Å²) in [5, 5.41) is 11.5. The Balaban J connectivity index is 1.35. The van der Waals surface area contributed by atoms with Crippen LogP contribution in [0, 0.1) is 0 Å². The summed E-state index contributed by atoms with van der Waals surface area (Å²) < 4.78 is 12.9. The highest BCUT2D eigenvalue weighted by Crippen LogP contribution is 2.38. The first-order chi connectivity index (χ1) is 13.2. The molecule has 138 valence electrons. The van der Waals surface area contributed by atoms with E-state index in [1.165, 1.54) is 6.08 Å². The van der Waals surface area contributed by atoms with Crippen LogP contribution in [0.25, 0.3) is 11.7 Å². The lowest BCUT2D eigenvalue weighted by Gasteiger charge is -2.19. The minimum Gasteiger partial charge on any atom is -0.486 e. The lowest BCUT2D eigenvalue weighted by molar-refractivity contribution is -0.116. The van der Waals surface area contributed by atoms with E-state index in [1.54, 1.807) is 18.2 Å². The molecule has 3 heterocycles. The first-order valence-corrected chi connectivity index (χ1v) is 8.92. The van der Waals surface area contributed by atoms with Gasteiger partial charge in [0, 0.05) is 25.2 Å². The van der Waals surface area contributed by atoms with Gasteiger partial charge in [-0.2, -0.15) is 0 Å². The number of ether oxygens (including phenoxy) is 2. The highest BCUT2D eigenvalue weighted by atomic mass is 35.5. The van der Waals surface area contributed by atoms with Crippen LogP contribution < -0.4 is 14.8 Å². The number of benzene rings is 1. The van der Waals surface area contributed by atoms with Crippen molar-refractivity contribution in [3.8, 4) is 11.5 Å². The molecule has 27 heavy (non-hydrogen) atoms. The number of amides is 1. The molecule has 4 rings (SSSR count). The average molecular weight is 385 g/mol. The molecule has 7 nitrogen and oxygen atoms in total. The van der Waals surface area contributed by atoms with E-state index in [-0.39, 0.29) is 5.91 Å². The number of fused-ring (bicyclic) bond motifs is 2. The molecule has 0 bridgehead atoms. The molecule has 1 aliphatic rings. The van der Waals surface area contributed by atoms with Gasteiger partial charge in [-0.25, -0.2) is 0 Å². The summed E-state index contributed by atoms with van der Waals surface area (Å²) in [5.41, 5.74) is 1.55. The lowest BCUT2D eigenvalue weighted by Crippen LogP contribution is -2.24. The quantitative estimate of drug-likeness (QED) is 0.684. The summed E-state index contributed by atoms with van der Waals surface area (Å²) in [6.07, 6.45) is 5.63. The largest absolute Gasteiger partial charge is 0.486 e. The third-order valence-electron chi connectivity index (χ3n) is 4.08. The molecule has 0 fully saturated rings. The normalized spacial score (nSPS) is 13.2. The first-order valence-electron chi connectivity index (χ1n) is 8.54. The predicted molar refractivity (Wildman–Crippen MR) is 101 cm³/mol. The van der Waals surface area contributed by atoms with Crippen LogP contribution in [0.1, 0.15) is 11.4 Å². The van der Waals surface area contributed by atoms with Crippen LogP contribution in [0.5, 0.6) is 11.5 Å². The van der Waals surface area contributed by atoms with E-state index in [1.807, 2.05) is 28.8 Å². The molecule has 1 aromatic carbocycles. The summed E-state index contributed by atoms with van der Waals surface area (Å²) in [6.45, 7) is 1.42. The third kappa shape index (κ3) is 3.88. The Bertz CT molecular complexity index is 1020. The van der Waals surface area contributed by atoms with E-state index in [0.717, 1.165) is 17.0 Å². The molecule has 0 saturated heterocycles. The van der Waals surface area contributed by atoms with Gasteiger partial charge in [-0.3, -0.25) is 9.20 Å². The van der Waals surface area contributed by atoms with Gasteiger partial charge in [0.25, 0.3) is 0 Å². The molecule has 0 spiro atoms. The highest BCUT2D eigenvalue weighted by Gasteiger charge is 2.16. The van der Waals surface area contributed by atoms with Gasteiger partial charge in [0.15, 0.2) is 17.1 Å². The second kappa shape index (κ2) is 7.67. The number of hydrogen-bond donors (Lipinski definition) is 1. The van der Waals surface area contributed by atoms with E-state index in [4.69, 9.17) is 21.1 Å². The fourth-order valence-corrected chi connectivity index (χ4v) is 3.09. The van der Waals surface area contributed by atoms with Gasteiger partial charge in [-0.15, -0.1) is 10.2 Å². The Morgan fingerprint density at radius 3 is 3.07 bits per heavy atom. The van der Waals surface area contributed by atoms with E-state index < -0.39 is 0 Å². The van der Waals surface area contributed by atoms with Gasteiger partial charge in [0.2, 0.25) is 5.91 Å². The van der Waals surface area contributed by atoms with Crippen molar-refractivity contribution in [2.45, 2.75) is 6.42 Å². The van der Waals surface area contributed by atoms with Crippen molar-refractivity contribution < 1.29 is 14.3 Å². The zero-order valence-corrected chi connectivity index (χ0v) is 15.1. The van der Waals surface area contributed by atoms with Crippen LogP contribution in [0.2, 0.25) is 5.02 Å². The molecule has 1 aliphatic heterocycles. The van der Waals surface area contributed by atoms with Gasteiger partial charge in [-0.1, -0.05) is 17.7 Å². The maximum Gasteiger partial charge on any atom is 0.244 e. The average Bonchev–Trinajstić information content (AvgIpc) is 3.10. The van der Waals surface area contributed by atoms with Crippen molar-refractivity contribution >= 4 is 29.2 Å². The minimum absolute atomic E-state index is 0.199. The summed E-state index contributed by atoms with van der Waals surface area (Å²) >= 11 is 6.20. The smallest absolute Gasteiger partial charge is 0.244 e. The zero-order chi connectivity index (χ0) is 18.6. The standard InChI is InChI=1S/C19H17ClN4O3/c20-14-11-13(12-15-19(14)27-10-9-26-15)4-5-18(25)21-7-6-17-23-22-16-3-1-2-8-24(16)17/h1-5,8,11-12H,6-7,9-10H2,(H,21,25). The molecule has 0 saturated carbocycles. The molecule has 3 aromatic rings. The van der Waals surface area contributed by atoms with Crippen molar-refractivity contribution in [3.63, 3.8) is 0 Å². The monoisotopic (exact) mass is 384 g/mol. The molecule has 2 aromatic heterocycles. The zero-order valence-electron chi connectivity index (χ0n) is 14.4. The van der Waals surface area contributed by atoms with Crippen molar-refractivity contribution in [1.29, 1.82) is 0 Å². The Labute approximate surface area is 160 Å². The molecule has 8 heteroatoms. The Kier molecular flexibility index (Phi) is 4.93. The number of carbonyl (C=O) groups is 1. The Morgan fingerprint density at radius 2 is 2.15 bits per heavy atom. The van der Waals surface area contributed by atoms with Crippen molar-refractivity contribution in [3.05, 3.63) is 59.0 Å². The number of carbonyl (C=O) groups excluding carboxylic acids is 1. The fraction of sp³-hybridized carbons (Fsp3) is 0.211. The lowest BCUT2D eigenvalue weighted by atomic mass is 10.1. The maximum atomic E-state index is 12.1. The van der Waals surface area contributed by atoms with E-state index in [9.17, 15) is 4.79 Å². The van der Waals surface area contributed by atoms with Crippen LogP contribution in [-0.4, -0.2) is 40.3 Å². The molecule has 0 unspecified atom stereocenters. The van der Waals surface area contributed by atoms with E-state index in [2.05, 4.69) is 15.5 Å². The van der Waals surface area contributed by atoms with Crippen LogP contribution in [0.15, 0.2) is 42.6 Å². The first kappa shape index (κ1) is 17.4. The number of aromatic nitrogens is 3. The SMILES string of the molecule is O=C(C=Cc1cc(Cl)c2c(c1)OCCO2)NCCc1nnc2ccccn12. The summed E-state index contributed by atoms with van der Waals surface area (Å²) in [7, 11) is 0. The van der Waals surface area contributed by atoms with Gasteiger partial charge < -0.3 is 14.8 Å². The summed E-state index contributed by atoms with van der Waals surface area (Å²) in [6, 6.07) is 9.24. The van der Waals surface area contributed by atoms with Gasteiger partial charge in [0.1, 0.15) is 19.0 Å². The molecule has 0 radical (unpaired) electrons. The molecular weight excluding hydrogens is 368 g/mol. The van der Waals surface area contributed by atoms with Crippen LogP contribution in [-0.2, 0) is 11.2 Å². The highest BCUT2D eigenvalue weighted by molar-refractivity contribution is 6.32.